The largest absolute Gasteiger partial charge is 0.497 e. The van der Waals surface area contributed by atoms with Gasteiger partial charge in [0.25, 0.3) is 0 Å². The second kappa shape index (κ2) is 8.66. The topological polar surface area (TPSA) is 67.9 Å². The Morgan fingerprint density at radius 1 is 1.27 bits per heavy atom. The number of hydrogen-bond donors (Lipinski definition) is 1. The van der Waals surface area contributed by atoms with E-state index in [1.165, 1.54) is 5.56 Å². The van der Waals surface area contributed by atoms with Gasteiger partial charge in [-0.3, -0.25) is 9.69 Å². The minimum absolute atomic E-state index is 0.150. The van der Waals surface area contributed by atoms with Gasteiger partial charge in [0.15, 0.2) is 0 Å². The van der Waals surface area contributed by atoms with Crippen molar-refractivity contribution in [2.75, 3.05) is 20.7 Å². The molecular weight excluding hydrogens is 352 g/mol. The molecule has 1 saturated heterocycles. The van der Waals surface area contributed by atoms with E-state index < -0.39 is 17.7 Å². The quantitative estimate of drug-likeness (QED) is 0.850. The van der Waals surface area contributed by atoms with E-state index in [4.69, 9.17) is 9.47 Å². The lowest BCUT2D eigenvalue weighted by molar-refractivity contribution is -0.124. The highest BCUT2D eigenvalue weighted by molar-refractivity contribution is 7.99. The predicted octanol–water partition coefficient (Wildman–Crippen LogP) is 3.05. The lowest BCUT2D eigenvalue weighted by atomic mass is 10.2. The van der Waals surface area contributed by atoms with Crippen LogP contribution in [0.4, 0.5) is 4.79 Å². The molecule has 0 aliphatic carbocycles. The predicted molar refractivity (Wildman–Crippen MR) is 103 cm³/mol. The average molecular weight is 381 g/mol. The Balaban J connectivity index is 1.99. The van der Waals surface area contributed by atoms with E-state index in [1.807, 2.05) is 45.0 Å². The molecule has 0 spiro atoms. The van der Waals surface area contributed by atoms with Crippen LogP contribution in [-0.2, 0) is 15.3 Å². The molecule has 1 fully saturated rings. The summed E-state index contributed by atoms with van der Waals surface area (Å²) in [4.78, 5) is 26.2. The SMILES string of the molecule is CNC(=O)[C@@H]1C[C@H](SCc2ccc(OC)cc2)CN1C(=O)OC(C)(C)C. The number of hydrogen-bond acceptors (Lipinski definition) is 5. The fraction of sp³-hybridized carbons (Fsp3) is 0.579. The van der Waals surface area contributed by atoms with E-state index in [9.17, 15) is 9.59 Å². The molecule has 2 atom stereocenters. The number of benzene rings is 1. The highest BCUT2D eigenvalue weighted by Crippen LogP contribution is 2.31. The molecule has 0 saturated carbocycles. The summed E-state index contributed by atoms with van der Waals surface area (Å²) in [5, 5.41) is 2.84. The normalized spacial score (nSPS) is 20.0. The zero-order valence-electron chi connectivity index (χ0n) is 16.1. The van der Waals surface area contributed by atoms with Gasteiger partial charge in [0.1, 0.15) is 17.4 Å². The second-order valence-corrected chi connectivity index (χ2v) is 8.57. The van der Waals surface area contributed by atoms with Gasteiger partial charge in [-0.15, -0.1) is 0 Å². The van der Waals surface area contributed by atoms with Crippen LogP contribution in [-0.4, -0.2) is 54.5 Å². The van der Waals surface area contributed by atoms with E-state index in [0.29, 0.717) is 13.0 Å². The van der Waals surface area contributed by atoms with E-state index in [1.54, 1.807) is 30.8 Å². The molecule has 0 aromatic heterocycles. The summed E-state index contributed by atoms with van der Waals surface area (Å²) in [6.45, 7) is 5.98. The van der Waals surface area contributed by atoms with Crippen molar-refractivity contribution in [3.63, 3.8) is 0 Å². The van der Waals surface area contributed by atoms with Crippen molar-refractivity contribution in [1.82, 2.24) is 10.2 Å². The van der Waals surface area contributed by atoms with Crippen LogP contribution in [0.1, 0.15) is 32.8 Å². The van der Waals surface area contributed by atoms with Crippen LogP contribution in [0.3, 0.4) is 0 Å². The maximum atomic E-state index is 12.5. The molecule has 7 heteroatoms. The first-order chi connectivity index (χ1) is 12.2. The van der Waals surface area contributed by atoms with Crippen molar-refractivity contribution in [2.24, 2.45) is 0 Å². The number of ether oxygens (including phenoxy) is 2. The molecule has 6 nitrogen and oxygen atoms in total. The third kappa shape index (κ3) is 5.56. The molecular formula is C19H28N2O4S. The first-order valence-electron chi connectivity index (χ1n) is 8.69. The minimum Gasteiger partial charge on any atom is -0.497 e. The van der Waals surface area contributed by atoms with Gasteiger partial charge in [-0.2, -0.15) is 11.8 Å². The lowest BCUT2D eigenvalue weighted by Gasteiger charge is -2.27. The first kappa shape index (κ1) is 20.4. The third-order valence-corrected chi connectivity index (χ3v) is 5.40. The standard InChI is InChI=1S/C19H28N2O4S/c1-19(2,3)25-18(23)21-11-15(10-16(21)17(22)20-4)26-12-13-6-8-14(24-5)9-7-13/h6-9,15-16H,10-12H2,1-5H3,(H,20,22)/t15-,16-/m0/s1. The highest BCUT2D eigenvalue weighted by Gasteiger charge is 2.41. The van der Waals surface area contributed by atoms with Gasteiger partial charge in [-0.25, -0.2) is 4.79 Å². The Labute approximate surface area is 159 Å². The zero-order chi connectivity index (χ0) is 19.3. The molecule has 2 rings (SSSR count). The number of thioether (sulfide) groups is 1. The summed E-state index contributed by atoms with van der Waals surface area (Å²) >= 11 is 1.75. The molecule has 144 valence electrons. The number of nitrogens with one attached hydrogen (secondary N) is 1. The van der Waals surface area contributed by atoms with Crippen LogP contribution in [0.25, 0.3) is 0 Å². The van der Waals surface area contributed by atoms with Gasteiger partial charge < -0.3 is 14.8 Å². The highest BCUT2D eigenvalue weighted by atomic mass is 32.2. The Bertz CT molecular complexity index is 627. The maximum absolute atomic E-state index is 12.5. The molecule has 0 bridgehead atoms. The number of carbonyl (C=O) groups excluding carboxylic acids is 2. The molecule has 1 heterocycles. The van der Waals surface area contributed by atoms with Gasteiger partial charge in [-0.05, 0) is 44.9 Å². The average Bonchev–Trinajstić information content (AvgIpc) is 3.03. The summed E-state index contributed by atoms with van der Waals surface area (Å²) in [6.07, 6.45) is 0.193. The number of methoxy groups -OCH3 is 1. The number of rotatable bonds is 5. The number of carbonyl (C=O) groups is 2. The minimum atomic E-state index is -0.585. The van der Waals surface area contributed by atoms with E-state index in [0.717, 1.165) is 11.5 Å². The van der Waals surface area contributed by atoms with Crippen LogP contribution >= 0.6 is 11.8 Å². The van der Waals surface area contributed by atoms with Gasteiger partial charge >= 0.3 is 6.09 Å². The number of amides is 2. The van der Waals surface area contributed by atoms with Gasteiger partial charge in [0.05, 0.1) is 7.11 Å². The van der Waals surface area contributed by atoms with Crippen LogP contribution in [0.5, 0.6) is 5.75 Å². The molecule has 0 radical (unpaired) electrons. The van der Waals surface area contributed by atoms with Crippen molar-refractivity contribution >= 4 is 23.8 Å². The van der Waals surface area contributed by atoms with Crippen molar-refractivity contribution in [3.8, 4) is 5.75 Å². The maximum Gasteiger partial charge on any atom is 0.411 e. The number of likely N-dealkylation sites (tertiary alicyclic amines) is 1. The summed E-state index contributed by atoms with van der Waals surface area (Å²) in [5.41, 5.74) is 0.599. The smallest absolute Gasteiger partial charge is 0.411 e. The Morgan fingerprint density at radius 3 is 2.46 bits per heavy atom. The Morgan fingerprint density at radius 2 is 1.92 bits per heavy atom. The molecule has 1 aromatic rings. The number of nitrogens with zero attached hydrogens (tertiary/aromatic N) is 1. The summed E-state index contributed by atoms with van der Waals surface area (Å²) < 4.78 is 10.6. The van der Waals surface area contributed by atoms with E-state index in [2.05, 4.69) is 5.32 Å². The van der Waals surface area contributed by atoms with Crippen LogP contribution < -0.4 is 10.1 Å². The fourth-order valence-corrected chi connectivity index (χ4v) is 4.00. The molecule has 2 amide bonds. The molecule has 1 N–H and O–H groups in total. The molecule has 1 aromatic carbocycles. The summed E-state index contributed by atoms with van der Waals surface area (Å²) in [6, 6.07) is 7.45. The first-order valence-corrected chi connectivity index (χ1v) is 9.74. The van der Waals surface area contributed by atoms with E-state index >= 15 is 0 Å². The molecule has 1 aliphatic rings. The van der Waals surface area contributed by atoms with Crippen LogP contribution in [0.15, 0.2) is 24.3 Å². The summed E-state index contributed by atoms with van der Waals surface area (Å²) in [7, 11) is 3.24. The molecule has 0 unspecified atom stereocenters. The molecule has 26 heavy (non-hydrogen) atoms. The van der Waals surface area contributed by atoms with Crippen LogP contribution in [0, 0.1) is 0 Å². The van der Waals surface area contributed by atoms with Crippen LogP contribution in [0.2, 0.25) is 0 Å². The van der Waals surface area contributed by atoms with Gasteiger partial charge in [0, 0.05) is 24.6 Å². The van der Waals surface area contributed by atoms with Crippen molar-refractivity contribution in [3.05, 3.63) is 29.8 Å². The van der Waals surface area contributed by atoms with Gasteiger partial charge in [-0.1, -0.05) is 12.1 Å². The monoisotopic (exact) mass is 380 g/mol. The van der Waals surface area contributed by atoms with Crippen molar-refractivity contribution < 1.29 is 19.1 Å². The molecule has 1 aliphatic heterocycles. The van der Waals surface area contributed by atoms with Crippen molar-refractivity contribution in [2.45, 2.75) is 49.8 Å². The summed E-state index contributed by atoms with van der Waals surface area (Å²) in [5.74, 6) is 1.50. The third-order valence-electron chi connectivity index (χ3n) is 4.08. The second-order valence-electron chi connectivity index (χ2n) is 7.28. The Kier molecular flexibility index (Phi) is 6.81. The van der Waals surface area contributed by atoms with Gasteiger partial charge in [0.2, 0.25) is 5.91 Å². The lowest BCUT2D eigenvalue weighted by Crippen LogP contribution is -2.46. The zero-order valence-corrected chi connectivity index (χ0v) is 16.9. The van der Waals surface area contributed by atoms with Crippen molar-refractivity contribution in [1.29, 1.82) is 0 Å². The number of likely N-dealkylation sites (N-methyl/N-ethyl adjacent to an activating group) is 1. The Hall–Kier alpha value is -1.89. The van der Waals surface area contributed by atoms with E-state index in [-0.39, 0.29) is 11.2 Å². The fourth-order valence-electron chi connectivity index (χ4n) is 2.79.